The minimum atomic E-state index is -0.529. The van der Waals surface area contributed by atoms with Crippen molar-refractivity contribution < 1.29 is 9.18 Å². The van der Waals surface area contributed by atoms with Gasteiger partial charge in [0.1, 0.15) is 5.82 Å². The van der Waals surface area contributed by atoms with Crippen LogP contribution in [-0.4, -0.2) is 23.5 Å². The van der Waals surface area contributed by atoms with Crippen LogP contribution in [0.25, 0.3) is 0 Å². The lowest BCUT2D eigenvalue weighted by Gasteiger charge is -2.35. The van der Waals surface area contributed by atoms with E-state index in [9.17, 15) is 9.18 Å². The van der Waals surface area contributed by atoms with Gasteiger partial charge in [0.25, 0.3) is 5.91 Å². The summed E-state index contributed by atoms with van der Waals surface area (Å²) in [6.07, 6.45) is 7.95. The molecular formula is C15H21FN2OS. The zero-order chi connectivity index (χ0) is 14.6. The van der Waals surface area contributed by atoms with Gasteiger partial charge in [-0.15, -0.1) is 0 Å². The summed E-state index contributed by atoms with van der Waals surface area (Å²) in [6.45, 7) is 0.585. The van der Waals surface area contributed by atoms with E-state index in [4.69, 9.17) is 5.73 Å². The van der Waals surface area contributed by atoms with E-state index in [2.05, 4.69) is 11.6 Å². The van der Waals surface area contributed by atoms with Crippen LogP contribution in [0.5, 0.6) is 0 Å². The molecule has 0 unspecified atom stereocenters. The summed E-state index contributed by atoms with van der Waals surface area (Å²) in [5, 5.41) is 2.87. The Hall–Kier alpha value is -1.23. The Bertz CT molecular complexity index is 487. The molecule has 1 saturated carbocycles. The number of amides is 1. The van der Waals surface area contributed by atoms with Gasteiger partial charge in [0.05, 0.1) is 5.56 Å². The molecule has 1 aliphatic rings. The van der Waals surface area contributed by atoms with Gasteiger partial charge in [0, 0.05) is 17.0 Å². The lowest BCUT2D eigenvalue weighted by molar-refractivity contribution is 0.0943. The number of carbonyl (C=O) groups is 1. The fourth-order valence-corrected chi connectivity index (χ4v) is 3.62. The normalized spacial score (nSPS) is 17.7. The average molecular weight is 296 g/mol. The lowest BCUT2D eigenvalue weighted by atomic mass is 9.88. The molecule has 0 radical (unpaired) electrons. The predicted octanol–water partition coefficient (Wildman–Crippen LogP) is 3.20. The molecule has 0 spiro atoms. The monoisotopic (exact) mass is 296 g/mol. The van der Waals surface area contributed by atoms with Crippen molar-refractivity contribution in [1.29, 1.82) is 0 Å². The van der Waals surface area contributed by atoms with Crippen molar-refractivity contribution >= 4 is 23.4 Å². The van der Waals surface area contributed by atoms with E-state index < -0.39 is 5.82 Å². The number of carbonyl (C=O) groups excluding carboxylic acids is 1. The fourth-order valence-electron chi connectivity index (χ4n) is 2.70. The van der Waals surface area contributed by atoms with Crippen LogP contribution in [0.1, 0.15) is 42.5 Å². The molecule has 5 heteroatoms. The summed E-state index contributed by atoms with van der Waals surface area (Å²) < 4.78 is 13.7. The maximum absolute atomic E-state index is 13.6. The molecule has 0 atom stereocenters. The van der Waals surface area contributed by atoms with E-state index in [1.807, 2.05) is 0 Å². The molecule has 1 fully saturated rings. The van der Waals surface area contributed by atoms with E-state index >= 15 is 0 Å². The molecule has 0 aliphatic heterocycles. The van der Waals surface area contributed by atoms with Gasteiger partial charge in [0.2, 0.25) is 0 Å². The number of hydrogen-bond donors (Lipinski definition) is 2. The van der Waals surface area contributed by atoms with E-state index in [0.717, 1.165) is 12.8 Å². The Labute approximate surface area is 123 Å². The van der Waals surface area contributed by atoms with Crippen LogP contribution in [-0.2, 0) is 0 Å². The fraction of sp³-hybridized carbons (Fsp3) is 0.533. The quantitative estimate of drug-likeness (QED) is 0.839. The third-order valence-corrected chi connectivity index (χ3v) is 5.42. The highest BCUT2D eigenvalue weighted by atomic mass is 32.2. The van der Waals surface area contributed by atoms with Gasteiger partial charge in [0.15, 0.2) is 0 Å². The van der Waals surface area contributed by atoms with Crippen LogP contribution < -0.4 is 11.1 Å². The summed E-state index contributed by atoms with van der Waals surface area (Å²) in [5.74, 6) is -0.910. The third-order valence-electron chi connectivity index (χ3n) is 4.00. The molecule has 0 heterocycles. The molecule has 3 N–H and O–H groups in total. The van der Waals surface area contributed by atoms with Crippen molar-refractivity contribution in [3.05, 3.63) is 29.6 Å². The second-order valence-corrected chi connectivity index (χ2v) is 6.64. The lowest BCUT2D eigenvalue weighted by Crippen LogP contribution is -2.42. The highest BCUT2D eigenvalue weighted by Crippen LogP contribution is 2.38. The molecule has 3 nitrogen and oxygen atoms in total. The maximum Gasteiger partial charge on any atom is 0.254 e. The number of nitrogens with two attached hydrogens (primary N) is 1. The summed E-state index contributed by atoms with van der Waals surface area (Å²) in [5.41, 5.74) is 6.03. The predicted molar refractivity (Wildman–Crippen MR) is 82.5 cm³/mol. The summed E-state index contributed by atoms with van der Waals surface area (Å²) >= 11 is 1.80. The Morgan fingerprint density at radius 3 is 2.75 bits per heavy atom. The van der Waals surface area contributed by atoms with Gasteiger partial charge < -0.3 is 11.1 Å². The molecule has 0 bridgehead atoms. The first kappa shape index (κ1) is 15.2. The van der Waals surface area contributed by atoms with Crippen LogP contribution in [0, 0.1) is 5.82 Å². The highest BCUT2D eigenvalue weighted by molar-refractivity contribution is 8.00. The number of rotatable bonds is 4. The minimum absolute atomic E-state index is 0.0251. The number of nitrogen functional groups attached to an aromatic ring is 1. The molecule has 110 valence electrons. The maximum atomic E-state index is 13.6. The number of nitrogens with one attached hydrogen (secondary N) is 1. The van der Waals surface area contributed by atoms with Crippen LogP contribution in [0.15, 0.2) is 18.2 Å². The first-order chi connectivity index (χ1) is 9.56. The Morgan fingerprint density at radius 2 is 2.10 bits per heavy atom. The van der Waals surface area contributed by atoms with Gasteiger partial charge in [-0.1, -0.05) is 19.3 Å². The Balaban J connectivity index is 2.02. The van der Waals surface area contributed by atoms with E-state index in [-0.39, 0.29) is 16.2 Å². The van der Waals surface area contributed by atoms with Crippen molar-refractivity contribution in [3.8, 4) is 0 Å². The van der Waals surface area contributed by atoms with Crippen molar-refractivity contribution in [1.82, 2.24) is 5.32 Å². The molecule has 2 rings (SSSR count). The van der Waals surface area contributed by atoms with Crippen molar-refractivity contribution in [2.75, 3.05) is 18.5 Å². The molecule has 0 aromatic heterocycles. The Kier molecular flexibility index (Phi) is 4.91. The highest BCUT2D eigenvalue weighted by Gasteiger charge is 2.31. The smallest absolute Gasteiger partial charge is 0.254 e. The largest absolute Gasteiger partial charge is 0.399 e. The molecular weight excluding hydrogens is 275 g/mol. The van der Waals surface area contributed by atoms with Gasteiger partial charge in [-0.25, -0.2) is 4.39 Å². The molecule has 1 aliphatic carbocycles. The first-order valence-corrected chi connectivity index (χ1v) is 8.17. The van der Waals surface area contributed by atoms with Crippen molar-refractivity contribution in [2.24, 2.45) is 0 Å². The van der Waals surface area contributed by atoms with Gasteiger partial charge in [-0.3, -0.25) is 4.79 Å². The number of thioether (sulfide) groups is 1. The van der Waals surface area contributed by atoms with E-state index in [1.54, 1.807) is 11.8 Å². The number of halogens is 1. The number of hydrogen-bond acceptors (Lipinski definition) is 3. The molecule has 1 aromatic carbocycles. The minimum Gasteiger partial charge on any atom is -0.399 e. The summed E-state index contributed by atoms with van der Waals surface area (Å²) in [6, 6.07) is 4.07. The van der Waals surface area contributed by atoms with Crippen molar-refractivity contribution in [2.45, 2.75) is 36.9 Å². The first-order valence-electron chi connectivity index (χ1n) is 6.95. The number of benzene rings is 1. The zero-order valence-electron chi connectivity index (χ0n) is 11.7. The standard InChI is InChI=1S/C15H21FN2OS/c1-20-15(7-3-2-4-8-15)10-18-14(19)12-9-11(17)5-6-13(12)16/h5-6,9H,2-4,7-8,10,17H2,1H3,(H,18,19). The third kappa shape index (κ3) is 3.45. The average Bonchev–Trinajstić information content (AvgIpc) is 2.48. The van der Waals surface area contributed by atoms with Gasteiger partial charge in [-0.2, -0.15) is 11.8 Å². The number of anilines is 1. The zero-order valence-corrected chi connectivity index (χ0v) is 12.6. The molecule has 0 saturated heterocycles. The van der Waals surface area contributed by atoms with Crippen LogP contribution in [0.3, 0.4) is 0 Å². The molecule has 20 heavy (non-hydrogen) atoms. The van der Waals surface area contributed by atoms with Crippen LogP contribution in [0.4, 0.5) is 10.1 Å². The van der Waals surface area contributed by atoms with E-state index in [1.165, 1.54) is 37.5 Å². The second kappa shape index (κ2) is 6.48. The van der Waals surface area contributed by atoms with Gasteiger partial charge >= 0.3 is 0 Å². The molecule has 1 aromatic rings. The van der Waals surface area contributed by atoms with Crippen LogP contribution >= 0.6 is 11.8 Å². The SMILES string of the molecule is CSC1(CNC(=O)c2cc(N)ccc2F)CCCCC1. The summed E-state index contributed by atoms with van der Waals surface area (Å²) in [7, 11) is 0. The van der Waals surface area contributed by atoms with E-state index in [0.29, 0.717) is 12.2 Å². The molecule has 1 amide bonds. The Morgan fingerprint density at radius 1 is 1.40 bits per heavy atom. The topological polar surface area (TPSA) is 55.1 Å². The van der Waals surface area contributed by atoms with Crippen LogP contribution in [0.2, 0.25) is 0 Å². The van der Waals surface area contributed by atoms with Crippen molar-refractivity contribution in [3.63, 3.8) is 0 Å². The second-order valence-electron chi connectivity index (χ2n) is 5.37. The summed E-state index contributed by atoms with van der Waals surface area (Å²) in [4.78, 5) is 12.1. The van der Waals surface area contributed by atoms with Gasteiger partial charge in [-0.05, 0) is 37.3 Å².